The predicted molar refractivity (Wildman–Crippen MR) is 88.6 cm³/mol. The Morgan fingerprint density at radius 2 is 1.58 bits per heavy atom. The van der Waals surface area contributed by atoms with Crippen LogP contribution in [0.4, 0.5) is 0 Å². The lowest BCUT2D eigenvalue weighted by Gasteiger charge is -2.31. The van der Waals surface area contributed by atoms with E-state index in [9.17, 15) is 14.4 Å². The minimum Gasteiger partial charge on any atom is -0.480 e. The number of ether oxygens (including phenoxy) is 1. The summed E-state index contributed by atoms with van der Waals surface area (Å²) in [6.45, 7) is 3.79. The van der Waals surface area contributed by atoms with Crippen molar-refractivity contribution in [3.63, 3.8) is 0 Å². The Balaban J connectivity index is 3.19. The van der Waals surface area contributed by atoms with Crippen molar-refractivity contribution < 1.29 is 24.2 Å². The molecule has 0 aliphatic rings. The predicted octanol–water partition coefficient (Wildman–Crippen LogP) is 0.688. The molecule has 0 saturated carbocycles. The van der Waals surface area contributed by atoms with Crippen molar-refractivity contribution in [3.05, 3.63) is 35.9 Å². The van der Waals surface area contributed by atoms with Crippen molar-refractivity contribution >= 4 is 17.8 Å². The van der Waals surface area contributed by atoms with Gasteiger partial charge in [0.2, 0.25) is 11.8 Å². The van der Waals surface area contributed by atoms with Crippen LogP contribution in [-0.4, -0.2) is 49.2 Å². The summed E-state index contributed by atoms with van der Waals surface area (Å²) in [7, 11) is 0. The topological polar surface area (TPSA) is 105 Å². The number of carboxylic acids is 1. The van der Waals surface area contributed by atoms with Gasteiger partial charge >= 0.3 is 5.97 Å². The maximum atomic E-state index is 12.8. The standard InChI is InChI=1S/C17H24N2O5/c1-3-18-15(22)17(16(23)19-4-2,10-11-24-12-14(20)21)13-8-6-5-7-9-13/h5-9H,3-4,10-12H2,1-2H3,(H,18,22)(H,19,23)(H,20,21). The molecule has 132 valence electrons. The van der Waals surface area contributed by atoms with Gasteiger partial charge in [-0.25, -0.2) is 4.79 Å². The number of carbonyl (C=O) groups excluding carboxylic acids is 2. The van der Waals surface area contributed by atoms with Crippen LogP contribution in [0.1, 0.15) is 25.8 Å². The van der Waals surface area contributed by atoms with E-state index in [1.54, 1.807) is 44.2 Å². The first-order valence-electron chi connectivity index (χ1n) is 7.90. The first-order chi connectivity index (χ1) is 11.5. The summed E-state index contributed by atoms with van der Waals surface area (Å²) in [6, 6.07) is 8.72. The number of carbonyl (C=O) groups is 3. The molecule has 0 fully saturated rings. The molecule has 0 unspecified atom stereocenters. The SMILES string of the molecule is CCNC(=O)C(CCOCC(=O)O)(C(=O)NCC)c1ccccc1. The first-order valence-corrected chi connectivity index (χ1v) is 7.90. The van der Waals surface area contributed by atoms with Gasteiger partial charge in [0.15, 0.2) is 5.41 Å². The number of rotatable bonds is 10. The number of hydrogen-bond acceptors (Lipinski definition) is 4. The molecule has 24 heavy (non-hydrogen) atoms. The van der Waals surface area contributed by atoms with Crippen LogP contribution in [0.2, 0.25) is 0 Å². The lowest BCUT2D eigenvalue weighted by molar-refractivity contribution is -0.142. The fraction of sp³-hybridized carbons (Fsp3) is 0.471. The van der Waals surface area contributed by atoms with E-state index in [1.807, 2.05) is 0 Å². The van der Waals surface area contributed by atoms with Crippen molar-refractivity contribution in [1.82, 2.24) is 10.6 Å². The van der Waals surface area contributed by atoms with E-state index >= 15 is 0 Å². The molecule has 0 aliphatic heterocycles. The van der Waals surface area contributed by atoms with Gasteiger partial charge in [0.1, 0.15) is 6.61 Å². The smallest absolute Gasteiger partial charge is 0.329 e. The van der Waals surface area contributed by atoms with Crippen LogP contribution in [0.25, 0.3) is 0 Å². The quantitative estimate of drug-likeness (QED) is 0.431. The van der Waals surface area contributed by atoms with Gasteiger partial charge in [-0.05, 0) is 25.8 Å². The van der Waals surface area contributed by atoms with Gasteiger partial charge in [-0.3, -0.25) is 9.59 Å². The highest BCUT2D eigenvalue weighted by atomic mass is 16.5. The van der Waals surface area contributed by atoms with Crippen molar-refractivity contribution in [1.29, 1.82) is 0 Å². The largest absolute Gasteiger partial charge is 0.480 e. The zero-order chi connectivity index (χ0) is 18.0. The molecule has 0 heterocycles. The number of likely N-dealkylation sites (N-methyl/N-ethyl adjacent to an activating group) is 2. The second kappa shape index (κ2) is 9.67. The zero-order valence-corrected chi connectivity index (χ0v) is 14.0. The van der Waals surface area contributed by atoms with Crippen molar-refractivity contribution in [3.8, 4) is 0 Å². The Hall–Kier alpha value is -2.41. The monoisotopic (exact) mass is 336 g/mol. The summed E-state index contributed by atoms with van der Waals surface area (Å²) in [6.07, 6.45) is 0.0436. The third-order valence-electron chi connectivity index (χ3n) is 3.56. The molecule has 2 amide bonds. The molecule has 0 spiro atoms. The Kier molecular flexibility index (Phi) is 7.91. The number of benzene rings is 1. The van der Waals surface area contributed by atoms with Gasteiger partial charge in [0, 0.05) is 19.7 Å². The molecule has 0 bridgehead atoms. The summed E-state index contributed by atoms with van der Waals surface area (Å²) >= 11 is 0. The van der Waals surface area contributed by atoms with E-state index in [0.717, 1.165) is 0 Å². The third kappa shape index (κ3) is 4.79. The molecule has 0 aliphatic carbocycles. The van der Waals surface area contributed by atoms with E-state index in [1.165, 1.54) is 0 Å². The van der Waals surface area contributed by atoms with E-state index in [0.29, 0.717) is 18.7 Å². The summed E-state index contributed by atoms with van der Waals surface area (Å²) < 4.78 is 5.07. The Morgan fingerprint density at radius 1 is 1.04 bits per heavy atom. The summed E-state index contributed by atoms with van der Waals surface area (Å²) in [4.78, 5) is 36.1. The number of amides is 2. The second-order valence-corrected chi connectivity index (χ2v) is 5.19. The summed E-state index contributed by atoms with van der Waals surface area (Å²) in [5, 5.41) is 14.1. The van der Waals surface area contributed by atoms with Crippen LogP contribution in [-0.2, 0) is 24.5 Å². The van der Waals surface area contributed by atoms with Crippen molar-refractivity contribution in [2.45, 2.75) is 25.7 Å². The molecule has 0 aromatic heterocycles. The maximum Gasteiger partial charge on any atom is 0.329 e. The fourth-order valence-electron chi connectivity index (χ4n) is 2.47. The van der Waals surface area contributed by atoms with Gasteiger partial charge in [-0.1, -0.05) is 30.3 Å². The lowest BCUT2D eigenvalue weighted by atomic mass is 9.75. The Bertz CT molecular complexity index is 541. The Morgan fingerprint density at radius 3 is 2.04 bits per heavy atom. The van der Waals surface area contributed by atoms with Gasteiger partial charge < -0.3 is 20.5 Å². The summed E-state index contributed by atoms with van der Waals surface area (Å²) in [5.41, 5.74) is -0.924. The molecular weight excluding hydrogens is 312 g/mol. The van der Waals surface area contributed by atoms with Gasteiger partial charge in [0.05, 0.1) is 0 Å². The molecule has 0 atom stereocenters. The number of carboxylic acid groups (broad SMARTS) is 1. The second-order valence-electron chi connectivity index (χ2n) is 5.19. The van der Waals surface area contributed by atoms with E-state index in [4.69, 9.17) is 9.84 Å². The van der Waals surface area contributed by atoms with Crippen molar-refractivity contribution in [2.24, 2.45) is 0 Å². The number of nitrogens with one attached hydrogen (secondary N) is 2. The number of hydrogen-bond donors (Lipinski definition) is 3. The van der Waals surface area contributed by atoms with Crippen LogP contribution in [0.15, 0.2) is 30.3 Å². The minimum absolute atomic E-state index is 0.0323. The van der Waals surface area contributed by atoms with Gasteiger partial charge in [-0.2, -0.15) is 0 Å². The number of aliphatic carboxylic acids is 1. The van der Waals surface area contributed by atoms with Crippen LogP contribution in [0.3, 0.4) is 0 Å². The highest BCUT2D eigenvalue weighted by Crippen LogP contribution is 2.29. The summed E-state index contributed by atoms with van der Waals surface area (Å²) in [5.74, 6) is -1.96. The highest BCUT2D eigenvalue weighted by Gasteiger charge is 2.46. The van der Waals surface area contributed by atoms with Crippen LogP contribution in [0.5, 0.6) is 0 Å². The van der Waals surface area contributed by atoms with Crippen LogP contribution in [0, 0.1) is 0 Å². The van der Waals surface area contributed by atoms with Gasteiger partial charge in [-0.15, -0.1) is 0 Å². The molecule has 3 N–H and O–H groups in total. The van der Waals surface area contributed by atoms with Crippen LogP contribution >= 0.6 is 0 Å². The molecule has 1 aromatic carbocycles. The van der Waals surface area contributed by atoms with Crippen molar-refractivity contribution in [2.75, 3.05) is 26.3 Å². The maximum absolute atomic E-state index is 12.8. The molecule has 7 nitrogen and oxygen atoms in total. The van der Waals surface area contributed by atoms with Gasteiger partial charge in [0.25, 0.3) is 0 Å². The minimum atomic E-state index is -1.47. The third-order valence-corrected chi connectivity index (χ3v) is 3.56. The molecule has 7 heteroatoms. The molecular formula is C17H24N2O5. The molecule has 0 saturated heterocycles. The molecule has 0 radical (unpaired) electrons. The highest BCUT2D eigenvalue weighted by molar-refractivity contribution is 6.10. The Labute approximate surface area is 141 Å². The average molecular weight is 336 g/mol. The normalized spacial score (nSPS) is 10.9. The van der Waals surface area contributed by atoms with E-state index in [2.05, 4.69) is 10.6 Å². The van der Waals surface area contributed by atoms with Crippen LogP contribution < -0.4 is 10.6 Å². The first kappa shape index (κ1) is 19.6. The average Bonchev–Trinajstić information content (AvgIpc) is 2.56. The molecule has 1 rings (SSSR count). The van der Waals surface area contributed by atoms with E-state index in [-0.39, 0.29) is 13.0 Å². The molecule has 1 aromatic rings. The van der Waals surface area contributed by atoms with E-state index < -0.39 is 29.8 Å². The lowest BCUT2D eigenvalue weighted by Crippen LogP contribution is -2.55. The zero-order valence-electron chi connectivity index (χ0n) is 14.0. The fourth-order valence-corrected chi connectivity index (χ4v) is 2.47.